The molecule has 0 unspecified atom stereocenters. The molecule has 5 rings (SSSR count). The van der Waals surface area contributed by atoms with Gasteiger partial charge in [0, 0.05) is 18.2 Å². The zero-order chi connectivity index (χ0) is 25.8. The second-order valence-corrected chi connectivity index (χ2v) is 9.76. The molecule has 0 spiro atoms. The van der Waals surface area contributed by atoms with E-state index in [1.54, 1.807) is 4.90 Å². The van der Waals surface area contributed by atoms with Gasteiger partial charge in [0.25, 0.3) is 5.91 Å². The van der Waals surface area contributed by atoms with E-state index in [2.05, 4.69) is 0 Å². The summed E-state index contributed by atoms with van der Waals surface area (Å²) in [5, 5.41) is 19.4. The lowest BCUT2D eigenvalue weighted by Crippen LogP contribution is -2.49. The van der Waals surface area contributed by atoms with Gasteiger partial charge in [-0.2, -0.15) is 0 Å². The van der Waals surface area contributed by atoms with Crippen molar-refractivity contribution in [3.05, 3.63) is 101 Å². The van der Waals surface area contributed by atoms with Gasteiger partial charge in [0.1, 0.15) is 12.4 Å². The van der Waals surface area contributed by atoms with E-state index in [9.17, 15) is 19.8 Å². The molecule has 7 nitrogen and oxygen atoms in total. The summed E-state index contributed by atoms with van der Waals surface area (Å²) < 4.78 is 12.3. The van der Waals surface area contributed by atoms with Crippen molar-refractivity contribution < 1.29 is 29.3 Å². The Hall–Kier alpha value is -3.68. The Morgan fingerprint density at radius 3 is 2.32 bits per heavy atom. The molecule has 1 fully saturated rings. The molecule has 3 aromatic rings. The molecule has 7 heteroatoms. The van der Waals surface area contributed by atoms with Crippen molar-refractivity contribution >= 4 is 11.9 Å². The smallest absolute Gasteiger partial charge is 0.305 e. The SMILES string of the molecule is O=C(O)C[C@H]1Cc2c(cccc2OCc2ccccc2)CN1C(=O)[C@@H](OC1CC(O)C1)c1ccccc1. The number of aliphatic hydroxyl groups excluding tert-OH is 1. The lowest BCUT2D eigenvalue weighted by atomic mass is 9.90. The molecule has 2 N–H and O–H groups in total. The van der Waals surface area contributed by atoms with Crippen molar-refractivity contribution in [2.24, 2.45) is 0 Å². The van der Waals surface area contributed by atoms with E-state index in [0.717, 1.165) is 16.7 Å². The number of aliphatic carboxylic acids is 1. The number of ether oxygens (including phenoxy) is 2. The first-order chi connectivity index (χ1) is 18.0. The third-order valence-electron chi connectivity index (χ3n) is 7.11. The number of amides is 1. The van der Waals surface area contributed by atoms with Crippen molar-refractivity contribution in [2.75, 3.05) is 0 Å². The first-order valence-electron chi connectivity index (χ1n) is 12.7. The molecule has 192 valence electrons. The molecule has 0 saturated heterocycles. The predicted molar refractivity (Wildman–Crippen MR) is 137 cm³/mol. The number of fused-ring (bicyclic) bond motifs is 1. The third kappa shape index (κ3) is 5.84. The van der Waals surface area contributed by atoms with Gasteiger partial charge in [-0.3, -0.25) is 9.59 Å². The minimum Gasteiger partial charge on any atom is -0.489 e. The Bertz CT molecular complexity index is 1230. The second kappa shape index (κ2) is 11.2. The van der Waals surface area contributed by atoms with Gasteiger partial charge >= 0.3 is 5.97 Å². The number of benzene rings is 3. The number of nitrogens with zero attached hydrogens (tertiary/aromatic N) is 1. The van der Waals surface area contributed by atoms with E-state index < -0.39 is 24.2 Å². The number of aliphatic hydroxyl groups is 1. The fourth-order valence-electron chi connectivity index (χ4n) is 5.06. The molecule has 3 aromatic carbocycles. The molecule has 37 heavy (non-hydrogen) atoms. The summed E-state index contributed by atoms with van der Waals surface area (Å²) in [6.07, 6.45) is -0.317. The number of hydrogen-bond donors (Lipinski definition) is 2. The normalized spacial score (nSPS) is 21.4. The van der Waals surface area contributed by atoms with Crippen molar-refractivity contribution in [1.29, 1.82) is 0 Å². The predicted octanol–water partition coefficient (Wildman–Crippen LogP) is 4.27. The summed E-state index contributed by atoms with van der Waals surface area (Å²) in [5.74, 6) is -0.517. The Morgan fingerprint density at radius 2 is 1.65 bits per heavy atom. The van der Waals surface area contributed by atoms with Gasteiger partial charge in [0.2, 0.25) is 0 Å². The minimum atomic E-state index is -0.965. The molecular formula is C30H31NO6. The van der Waals surface area contributed by atoms with Crippen LogP contribution in [0.4, 0.5) is 0 Å². The van der Waals surface area contributed by atoms with Crippen LogP contribution in [0.5, 0.6) is 5.75 Å². The second-order valence-electron chi connectivity index (χ2n) is 9.76. The van der Waals surface area contributed by atoms with Crippen LogP contribution in [0.1, 0.15) is 47.6 Å². The van der Waals surface area contributed by atoms with Gasteiger partial charge in [-0.15, -0.1) is 0 Å². The highest BCUT2D eigenvalue weighted by Crippen LogP contribution is 2.36. The standard InChI is InChI=1S/C30H31NO6/c32-24-16-25(17-24)37-29(21-10-5-2-6-11-21)30(35)31-18-22-12-7-13-27(26(22)14-23(31)15-28(33)34)36-19-20-8-3-1-4-9-20/h1-13,23-25,29,32H,14-19H2,(H,33,34)/t23-,24?,25?,29+/m1/s1. The van der Waals surface area contributed by atoms with E-state index in [4.69, 9.17) is 9.47 Å². The van der Waals surface area contributed by atoms with Crippen LogP contribution in [-0.2, 0) is 33.9 Å². The number of carbonyl (C=O) groups excluding carboxylic acids is 1. The Kier molecular flexibility index (Phi) is 7.53. The molecule has 1 amide bonds. The number of carboxylic acid groups (broad SMARTS) is 1. The Balaban J connectivity index is 1.41. The maximum absolute atomic E-state index is 14.0. The molecule has 2 atom stereocenters. The van der Waals surface area contributed by atoms with E-state index in [1.807, 2.05) is 78.9 Å². The molecule has 0 radical (unpaired) electrons. The van der Waals surface area contributed by atoms with Crippen LogP contribution in [0.3, 0.4) is 0 Å². The molecule has 1 heterocycles. The fraction of sp³-hybridized carbons (Fsp3) is 0.333. The minimum absolute atomic E-state index is 0.179. The van der Waals surface area contributed by atoms with Crippen molar-refractivity contribution in [3.8, 4) is 5.75 Å². The van der Waals surface area contributed by atoms with Crippen molar-refractivity contribution in [2.45, 2.75) is 63.2 Å². The molecule has 0 aromatic heterocycles. The largest absolute Gasteiger partial charge is 0.489 e. The highest BCUT2D eigenvalue weighted by molar-refractivity contribution is 5.84. The quantitative estimate of drug-likeness (QED) is 0.455. The van der Waals surface area contributed by atoms with Crippen LogP contribution in [0.15, 0.2) is 78.9 Å². The van der Waals surface area contributed by atoms with Crippen molar-refractivity contribution in [3.63, 3.8) is 0 Å². The molecular weight excluding hydrogens is 470 g/mol. The van der Waals surface area contributed by atoms with Gasteiger partial charge in [-0.1, -0.05) is 72.8 Å². The summed E-state index contributed by atoms with van der Waals surface area (Å²) in [5.41, 5.74) is 3.63. The summed E-state index contributed by atoms with van der Waals surface area (Å²) in [4.78, 5) is 27.4. The van der Waals surface area contributed by atoms with E-state index in [0.29, 0.717) is 37.2 Å². The number of carbonyl (C=O) groups is 2. The number of hydrogen-bond acceptors (Lipinski definition) is 5. The van der Waals surface area contributed by atoms with E-state index in [1.165, 1.54) is 0 Å². The van der Waals surface area contributed by atoms with Crippen LogP contribution >= 0.6 is 0 Å². The number of rotatable bonds is 9. The molecule has 1 saturated carbocycles. The third-order valence-corrected chi connectivity index (χ3v) is 7.11. The van der Waals surface area contributed by atoms with Crippen LogP contribution in [0.2, 0.25) is 0 Å². The van der Waals surface area contributed by atoms with Gasteiger partial charge in [-0.05, 0) is 42.0 Å². The van der Waals surface area contributed by atoms with Gasteiger partial charge in [0.05, 0.1) is 18.6 Å². The monoisotopic (exact) mass is 501 g/mol. The maximum atomic E-state index is 14.0. The van der Waals surface area contributed by atoms with Gasteiger partial charge in [-0.25, -0.2) is 0 Å². The van der Waals surface area contributed by atoms with Crippen LogP contribution in [0, 0.1) is 0 Å². The summed E-state index contributed by atoms with van der Waals surface area (Å²) in [6.45, 7) is 0.676. The lowest BCUT2D eigenvalue weighted by Gasteiger charge is -2.40. The summed E-state index contributed by atoms with van der Waals surface area (Å²) in [7, 11) is 0. The van der Waals surface area contributed by atoms with Crippen LogP contribution < -0.4 is 4.74 Å². The maximum Gasteiger partial charge on any atom is 0.305 e. The highest BCUT2D eigenvalue weighted by Gasteiger charge is 2.39. The average molecular weight is 502 g/mol. The van der Waals surface area contributed by atoms with Crippen molar-refractivity contribution in [1.82, 2.24) is 4.90 Å². The summed E-state index contributed by atoms with van der Waals surface area (Å²) in [6, 6.07) is 24.3. The van der Waals surface area contributed by atoms with Crippen LogP contribution in [-0.4, -0.2) is 45.2 Å². The lowest BCUT2D eigenvalue weighted by molar-refractivity contribution is -0.163. The van der Waals surface area contributed by atoms with Gasteiger partial charge < -0.3 is 24.6 Å². The summed E-state index contributed by atoms with van der Waals surface area (Å²) >= 11 is 0. The number of carboxylic acids is 1. The Morgan fingerprint density at radius 1 is 0.946 bits per heavy atom. The first-order valence-corrected chi connectivity index (χ1v) is 12.7. The first kappa shape index (κ1) is 25.0. The van der Waals surface area contributed by atoms with Crippen LogP contribution in [0.25, 0.3) is 0 Å². The average Bonchev–Trinajstić information content (AvgIpc) is 2.89. The molecule has 1 aliphatic heterocycles. The zero-order valence-corrected chi connectivity index (χ0v) is 20.5. The topological polar surface area (TPSA) is 96.3 Å². The molecule has 2 aliphatic rings. The molecule has 0 bridgehead atoms. The molecule has 1 aliphatic carbocycles. The van der Waals surface area contributed by atoms with E-state index in [-0.39, 0.29) is 25.0 Å². The Labute approximate surface area is 216 Å². The van der Waals surface area contributed by atoms with Gasteiger partial charge in [0.15, 0.2) is 6.10 Å². The highest BCUT2D eigenvalue weighted by atomic mass is 16.5. The zero-order valence-electron chi connectivity index (χ0n) is 20.5. The van der Waals surface area contributed by atoms with E-state index >= 15 is 0 Å². The fourth-order valence-corrected chi connectivity index (χ4v) is 5.06.